The first kappa shape index (κ1) is 23.1. The van der Waals surface area contributed by atoms with Crippen LogP contribution in [0.2, 0.25) is 10.0 Å². The molecule has 0 bridgehead atoms. The predicted molar refractivity (Wildman–Crippen MR) is 130 cm³/mol. The molecule has 178 valence electrons. The van der Waals surface area contributed by atoms with Crippen molar-refractivity contribution in [1.29, 1.82) is 0 Å². The Labute approximate surface area is 208 Å². The summed E-state index contributed by atoms with van der Waals surface area (Å²) in [5.41, 5.74) is 0.639. The predicted octanol–water partition coefficient (Wildman–Crippen LogP) is 5.37. The molecule has 0 radical (unpaired) electrons. The maximum Gasteiger partial charge on any atom is 0.275 e. The lowest BCUT2D eigenvalue weighted by Gasteiger charge is -2.16. The van der Waals surface area contributed by atoms with Gasteiger partial charge in [-0.15, -0.1) is 10.2 Å². The fourth-order valence-electron chi connectivity index (χ4n) is 3.81. The van der Waals surface area contributed by atoms with Crippen LogP contribution in [0.1, 0.15) is 37.2 Å². The summed E-state index contributed by atoms with van der Waals surface area (Å²) in [7, 11) is 0. The third-order valence-corrected chi connectivity index (χ3v) is 6.11. The smallest absolute Gasteiger partial charge is 0.275 e. The van der Waals surface area contributed by atoms with Gasteiger partial charge in [-0.1, -0.05) is 59.9 Å². The third-order valence-electron chi connectivity index (χ3n) is 5.50. The highest BCUT2D eigenvalue weighted by Crippen LogP contribution is 2.31. The standard InChI is InChI=1S/C24H19Cl2N5O4/c1-2-3-11-18-27-22(32)20(24(33)31(18)21-14(25)8-6-9-15(21)26)23-29-28-19(34-23)12-16-13-7-4-5-10-17(13)35-30-16/h4-10,32H,2-3,11-12H2,1H3. The maximum atomic E-state index is 13.7. The number of benzene rings is 2. The zero-order valence-electron chi connectivity index (χ0n) is 18.5. The number of aryl methyl sites for hydroxylation is 1. The highest BCUT2D eigenvalue weighted by atomic mass is 35.5. The molecular weight excluding hydrogens is 493 g/mol. The van der Waals surface area contributed by atoms with Crippen LogP contribution in [0.25, 0.3) is 28.1 Å². The fraction of sp³-hybridized carbons (Fsp3) is 0.208. The van der Waals surface area contributed by atoms with Gasteiger partial charge in [-0.25, -0.2) is 0 Å². The Morgan fingerprint density at radius 2 is 1.83 bits per heavy atom. The molecule has 11 heteroatoms. The summed E-state index contributed by atoms with van der Waals surface area (Å²) in [6, 6.07) is 12.3. The van der Waals surface area contributed by atoms with E-state index < -0.39 is 11.4 Å². The molecule has 3 aromatic heterocycles. The van der Waals surface area contributed by atoms with Gasteiger partial charge >= 0.3 is 0 Å². The molecule has 0 fully saturated rings. The molecule has 0 atom stereocenters. The number of rotatable bonds is 7. The van der Waals surface area contributed by atoms with E-state index in [9.17, 15) is 9.90 Å². The van der Waals surface area contributed by atoms with Crippen LogP contribution in [0.15, 0.2) is 56.2 Å². The molecule has 5 rings (SSSR count). The number of fused-ring (bicyclic) bond motifs is 1. The normalized spacial score (nSPS) is 11.4. The second-order valence-corrected chi connectivity index (χ2v) is 8.66. The lowest BCUT2D eigenvalue weighted by atomic mass is 10.2. The number of nitrogens with zero attached hydrogens (tertiary/aromatic N) is 5. The number of para-hydroxylation sites is 2. The summed E-state index contributed by atoms with van der Waals surface area (Å²) in [6.45, 7) is 2.01. The van der Waals surface area contributed by atoms with E-state index in [0.717, 1.165) is 18.2 Å². The van der Waals surface area contributed by atoms with Crippen molar-refractivity contribution in [2.75, 3.05) is 0 Å². The molecule has 9 nitrogen and oxygen atoms in total. The lowest BCUT2D eigenvalue weighted by Crippen LogP contribution is -2.26. The van der Waals surface area contributed by atoms with Crippen LogP contribution in [0.3, 0.4) is 0 Å². The van der Waals surface area contributed by atoms with Gasteiger partial charge in [0, 0.05) is 11.8 Å². The number of hydrogen-bond donors (Lipinski definition) is 1. The van der Waals surface area contributed by atoms with Crippen LogP contribution in [0.5, 0.6) is 5.88 Å². The van der Waals surface area contributed by atoms with Gasteiger partial charge in [-0.2, -0.15) is 4.98 Å². The van der Waals surface area contributed by atoms with Gasteiger partial charge in [-0.3, -0.25) is 9.36 Å². The van der Waals surface area contributed by atoms with Crippen LogP contribution in [-0.2, 0) is 12.8 Å². The van der Waals surface area contributed by atoms with Crippen molar-refractivity contribution in [3.63, 3.8) is 0 Å². The Hall–Kier alpha value is -3.69. The van der Waals surface area contributed by atoms with E-state index in [1.807, 2.05) is 25.1 Å². The number of aromatic nitrogens is 5. The Kier molecular flexibility index (Phi) is 6.27. The fourth-order valence-corrected chi connectivity index (χ4v) is 4.38. The molecule has 3 heterocycles. The Morgan fingerprint density at radius 1 is 1.06 bits per heavy atom. The van der Waals surface area contributed by atoms with Gasteiger partial charge in [0.1, 0.15) is 11.5 Å². The van der Waals surface area contributed by atoms with Crippen molar-refractivity contribution in [2.45, 2.75) is 32.6 Å². The second-order valence-electron chi connectivity index (χ2n) is 7.84. The first-order valence-corrected chi connectivity index (χ1v) is 11.7. The summed E-state index contributed by atoms with van der Waals surface area (Å²) in [4.78, 5) is 17.9. The Balaban J connectivity index is 1.60. The molecule has 0 saturated carbocycles. The van der Waals surface area contributed by atoms with Gasteiger partial charge in [0.2, 0.25) is 11.8 Å². The van der Waals surface area contributed by atoms with Gasteiger partial charge in [-0.05, 0) is 30.7 Å². The van der Waals surface area contributed by atoms with E-state index in [4.69, 9.17) is 32.1 Å². The molecule has 5 aromatic rings. The Bertz CT molecular complexity index is 1570. The van der Waals surface area contributed by atoms with Gasteiger partial charge in [0.05, 0.1) is 22.2 Å². The minimum Gasteiger partial charge on any atom is -0.493 e. The SMILES string of the molecule is CCCCc1nc(O)c(-c2nnc(Cc3noc4ccccc34)o2)c(=O)n1-c1c(Cl)cccc1Cl. The number of hydrogen-bond acceptors (Lipinski definition) is 8. The molecule has 2 aromatic carbocycles. The summed E-state index contributed by atoms with van der Waals surface area (Å²) in [5, 5.41) is 24.1. The van der Waals surface area contributed by atoms with E-state index in [-0.39, 0.29) is 39.5 Å². The molecule has 0 aliphatic heterocycles. The number of halogens is 2. The van der Waals surface area contributed by atoms with Crippen molar-refractivity contribution in [1.82, 2.24) is 24.9 Å². The molecule has 0 saturated heterocycles. The van der Waals surface area contributed by atoms with Crippen LogP contribution in [-0.4, -0.2) is 30.0 Å². The van der Waals surface area contributed by atoms with E-state index in [0.29, 0.717) is 23.5 Å². The van der Waals surface area contributed by atoms with Crippen LogP contribution in [0.4, 0.5) is 0 Å². The van der Waals surface area contributed by atoms with Crippen molar-refractivity contribution in [3.8, 4) is 23.0 Å². The minimum absolute atomic E-state index is 0.178. The lowest BCUT2D eigenvalue weighted by molar-refractivity contribution is 0.435. The highest BCUT2D eigenvalue weighted by molar-refractivity contribution is 6.37. The van der Waals surface area contributed by atoms with E-state index in [1.54, 1.807) is 24.3 Å². The van der Waals surface area contributed by atoms with E-state index in [2.05, 4.69) is 20.3 Å². The largest absolute Gasteiger partial charge is 0.493 e. The van der Waals surface area contributed by atoms with Crippen molar-refractivity contribution >= 4 is 34.2 Å². The van der Waals surface area contributed by atoms with Crippen LogP contribution >= 0.6 is 23.2 Å². The van der Waals surface area contributed by atoms with Crippen LogP contribution in [0, 0.1) is 0 Å². The number of aromatic hydroxyl groups is 1. The minimum atomic E-state index is -0.624. The summed E-state index contributed by atoms with van der Waals surface area (Å²) >= 11 is 12.8. The van der Waals surface area contributed by atoms with Crippen LogP contribution < -0.4 is 5.56 Å². The van der Waals surface area contributed by atoms with Gasteiger partial charge in [0.25, 0.3) is 11.4 Å². The molecule has 0 aliphatic rings. The van der Waals surface area contributed by atoms with E-state index in [1.165, 1.54) is 4.57 Å². The summed E-state index contributed by atoms with van der Waals surface area (Å²) in [5.74, 6) is -0.179. The monoisotopic (exact) mass is 511 g/mol. The molecular formula is C24H19Cl2N5O4. The molecule has 35 heavy (non-hydrogen) atoms. The quantitative estimate of drug-likeness (QED) is 0.309. The Morgan fingerprint density at radius 3 is 2.60 bits per heavy atom. The first-order chi connectivity index (χ1) is 17.0. The topological polar surface area (TPSA) is 120 Å². The summed E-state index contributed by atoms with van der Waals surface area (Å²) < 4.78 is 12.4. The average Bonchev–Trinajstić information content (AvgIpc) is 3.46. The summed E-state index contributed by atoms with van der Waals surface area (Å²) in [6.07, 6.45) is 2.20. The average molecular weight is 512 g/mol. The van der Waals surface area contributed by atoms with Crippen molar-refractivity contribution in [3.05, 3.63) is 80.3 Å². The number of unbranched alkanes of at least 4 members (excludes halogenated alkanes) is 1. The van der Waals surface area contributed by atoms with Crippen molar-refractivity contribution in [2.24, 2.45) is 0 Å². The molecule has 0 spiro atoms. The molecule has 0 unspecified atom stereocenters. The molecule has 1 N–H and O–H groups in total. The molecule has 0 aliphatic carbocycles. The van der Waals surface area contributed by atoms with E-state index >= 15 is 0 Å². The van der Waals surface area contributed by atoms with Crippen molar-refractivity contribution < 1.29 is 14.0 Å². The first-order valence-electron chi connectivity index (χ1n) is 10.9. The second kappa shape index (κ2) is 9.52. The zero-order valence-corrected chi connectivity index (χ0v) is 20.0. The third kappa shape index (κ3) is 4.28. The highest BCUT2D eigenvalue weighted by Gasteiger charge is 2.25. The molecule has 0 amide bonds. The van der Waals surface area contributed by atoms with Gasteiger partial charge < -0.3 is 14.0 Å². The maximum absolute atomic E-state index is 13.7. The van der Waals surface area contributed by atoms with Gasteiger partial charge in [0.15, 0.2) is 11.1 Å². The zero-order chi connectivity index (χ0) is 24.5.